The first-order valence-corrected chi connectivity index (χ1v) is 8.16. The Morgan fingerprint density at radius 3 is 2.55 bits per heavy atom. The lowest BCUT2D eigenvalue weighted by atomic mass is 10.0. The van der Waals surface area contributed by atoms with E-state index in [1.165, 1.54) is 11.1 Å². The molecule has 0 aliphatic carbocycles. The summed E-state index contributed by atoms with van der Waals surface area (Å²) in [6.07, 6.45) is 3.99. The maximum Gasteiger partial charge on any atom is 0.283 e. The van der Waals surface area contributed by atoms with E-state index in [0.717, 1.165) is 12.1 Å². The number of nitrogens with zero attached hydrogens (tertiary/aromatic N) is 2. The van der Waals surface area contributed by atoms with Crippen LogP contribution >= 0.6 is 15.9 Å². The number of hydrogen-bond donors (Lipinski definition) is 1. The van der Waals surface area contributed by atoms with Gasteiger partial charge in [-0.2, -0.15) is 5.10 Å². The molecule has 5 heteroatoms. The van der Waals surface area contributed by atoms with Crippen molar-refractivity contribution >= 4 is 21.6 Å². The quantitative estimate of drug-likeness (QED) is 0.816. The Hall–Kier alpha value is -0.840. The van der Waals surface area contributed by atoms with Crippen molar-refractivity contribution in [3.8, 4) is 0 Å². The van der Waals surface area contributed by atoms with Gasteiger partial charge in [0.1, 0.15) is 4.47 Å². The molecule has 1 rings (SSSR count). The molecule has 0 saturated heterocycles. The van der Waals surface area contributed by atoms with E-state index in [1.54, 1.807) is 6.20 Å². The number of aromatic nitrogens is 2. The Balaban J connectivity index is 2.82. The monoisotopic (exact) mass is 343 g/mol. The van der Waals surface area contributed by atoms with Crippen molar-refractivity contribution in [1.29, 1.82) is 0 Å². The Bertz CT molecular complexity index is 484. The molecule has 4 nitrogen and oxygen atoms in total. The highest BCUT2D eigenvalue weighted by atomic mass is 79.9. The number of anilines is 1. The highest BCUT2D eigenvalue weighted by Crippen LogP contribution is 2.20. The molecular formula is C15H26BrN3O. The minimum atomic E-state index is -0.0700. The number of nitrogens with one attached hydrogen (secondary N) is 1. The van der Waals surface area contributed by atoms with Crippen molar-refractivity contribution in [2.45, 2.75) is 60.0 Å². The fourth-order valence-electron chi connectivity index (χ4n) is 2.14. The first-order chi connectivity index (χ1) is 9.35. The summed E-state index contributed by atoms with van der Waals surface area (Å²) in [5.74, 6) is 1.07. The van der Waals surface area contributed by atoms with Crippen LogP contribution in [0.15, 0.2) is 15.5 Å². The zero-order valence-electron chi connectivity index (χ0n) is 13.1. The molecule has 0 aromatic carbocycles. The van der Waals surface area contributed by atoms with Gasteiger partial charge in [0.15, 0.2) is 0 Å². The van der Waals surface area contributed by atoms with Gasteiger partial charge in [0.2, 0.25) is 0 Å². The van der Waals surface area contributed by atoms with Crippen LogP contribution in [0.5, 0.6) is 0 Å². The molecule has 0 saturated carbocycles. The molecule has 0 aliphatic heterocycles. The number of hydrogen-bond acceptors (Lipinski definition) is 3. The van der Waals surface area contributed by atoms with Crippen LogP contribution < -0.4 is 10.9 Å². The number of halogens is 1. The van der Waals surface area contributed by atoms with E-state index >= 15 is 0 Å². The largest absolute Gasteiger partial charge is 0.380 e. The highest BCUT2D eigenvalue weighted by Gasteiger charge is 2.13. The van der Waals surface area contributed by atoms with Gasteiger partial charge in [0, 0.05) is 12.6 Å². The van der Waals surface area contributed by atoms with Crippen LogP contribution in [0.1, 0.15) is 47.5 Å². The predicted octanol–water partition coefficient (Wildman–Crippen LogP) is 3.90. The van der Waals surface area contributed by atoms with Crippen LogP contribution in [0, 0.1) is 11.8 Å². The SMILES string of the molecule is CCC(C)CC(C)Nc1cnn(CC(C)C)c(=O)c1Br. The molecule has 20 heavy (non-hydrogen) atoms. The summed E-state index contributed by atoms with van der Waals surface area (Å²) in [4.78, 5) is 12.2. The van der Waals surface area contributed by atoms with Gasteiger partial charge in [0.25, 0.3) is 5.56 Å². The zero-order valence-corrected chi connectivity index (χ0v) is 14.7. The Kier molecular flexibility index (Phi) is 6.72. The van der Waals surface area contributed by atoms with Gasteiger partial charge in [-0.3, -0.25) is 4.79 Å². The molecule has 1 heterocycles. The fraction of sp³-hybridized carbons (Fsp3) is 0.733. The lowest BCUT2D eigenvalue weighted by molar-refractivity contribution is 0.461. The molecule has 0 fully saturated rings. The maximum atomic E-state index is 12.2. The third-order valence-corrected chi connectivity index (χ3v) is 4.14. The minimum absolute atomic E-state index is 0.0700. The van der Waals surface area contributed by atoms with Crippen molar-refractivity contribution in [1.82, 2.24) is 9.78 Å². The standard InChI is InChI=1S/C15H26BrN3O/c1-6-11(4)7-12(5)18-13-8-17-19(9-10(2)3)15(20)14(13)16/h8,10-12,18H,6-7,9H2,1-5H3. The van der Waals surface area contributed by atoms with Gasteiger partial charge >= 0.3 is 0 Å². The first kappa shape index (κ1) is 17.2. The van der Waals surface area contributed by atoms with E-state index in [-0.39, 0.29) is 5.56 Å². The van der Waals surface area contributed by atoms with Crippen LogP contribution in [-0.2, 0) is 6.54 Å². The second kappa shape index (κ2) is 7.81. The van der Waals surface area contributed by atoms with Gasteiger partial charge in [-0.05, 0) is 41.1 Å². The minimum Gasteiger partial charge on any atom is -0.380 e. The molecule has 114 valence electrons. The highest BCUT2D eigenvalue weighted by molar-refractivity contribution is 9.10. The van der Waals surface area contributed by atoms with Gasteiger partial charge < -0.3 is 5.32 Å². The smallest absolute Gasteiger partial charge is 0.283 e. The molecule has 0 amide bonds. The molecule has 0 bridgehead atoms. The van der Waals surface area contributed by atoms with E-state index in [2.05, 4.69) is 61.0 Å². The molecule has 2 atom stereocenters. The number of rotatable bonds is 7. The molecular weight excluding hydrogens is 318 g/mol. The zero-order chi connectivity index (χ0) is 15.3. The molecule has 0 spiro atoms. The summed E-state index contributed by atoms with van der Waals surface area (Å²) in [6, 6.07) is 0.323. The summed E-state index contributed by atoms with van der Waals surface area (Å²) < 4.78 is 2.09. The van der Waals surface area contributed by atoms with Crippen molar-refractivity contribution in [2.24, 2.45) is 11.8 Å². The second-order valence-electron chi connectivity index (χ2n) is 6.05. The van der Waals surface area contributed by atoms with Crippen LogP contribution in [0.3, 0.4) is 0 Å². The lowest BCUT2D eigenvalue weighted by Gasteiger charge is -2.19. The molecule has 0 radical (unpaired) electrons. The van der Waals surface area contributed by atoms with Crippen LogP contribution in [0.2, 0.25) is 0 Å². The molecule has 2 unspecified atom stereocenters. The maximum absolute atomic E-state index is 12.2. The van der Waals surface area contributed by atoms with Crippen LogP contribution in [0.25, 0.3) is 0 Å². The van der Waals surface area contributed by atoms with Crippen LogP contribution in [0.4, 0.5) is 5.69 Å². The van der Waals surface area contributed by atoms with E-state index in [9.17, 15) is 4.79 Å². The summed E-state index contributed by atoms with van der Waals surface area (Å²) in [5.41, 5.74) is 0.713. The predicted molar refractivity (Wildman–Crippen MR) is 88.2 cm³/mol. The summed E-state index contributed by atoms with van der Waals surface area (Å²) >= 11 is 3.40. The summed E-state index contributed by atoms with van der Waals surface area (Å²) in [7, 11) is 0. The van der Waals surface area contributed by atoms with Crippen molar-refractivity contribution in [3.63, 3.8) is 0 Å². The van der Waals surface area contributed by atoms with Gasteiger partial charge in [-0.1, -0.05) is 34.1 Å². The summed E-state index contributed by atoms with van der Waals surface area (Å²) in [5, 5.41) is 7.62. The third-order valence-electron chi connectivity index (χ3n) is 3.38. The average molecular weight is 344 g/mol. The van der Waals surface area contributed by atoms with E-state index < -0.39 is 0 Å². The Labute approximate surface area is 130 Å². The Morgan fingerprint density at radius 2 is 2.00 bits per heavy atom. The van der Waals surface area contributed by atoms with E-state index in [0.29, 0.717) is 28.9 Å². The molecule has 1 aromatic heterocycles. The van der Waals surface area contributed by atoms with Gasteiger partial charge in [-0.25, -0.2) is 4.68 Å². The summed E-state index contributed by atoms with van der Waals surface area (Å²) in [6.45, 7) is 11.4. The second-order valence-corrected chi connectivity index (χ2v) is 6.84. The molecule has 1 N–H and O–H groups in total. The molecule has 1 aromatic rings. The Morgan fingerprint density at radius 1 is 1.35 bits per heavy atom. The fourth-order valence-corrected chi connectivity index (χ4v) is 2.56. The third kappa shape index (κ3) is 4.93. The average Bonchev–Trinajstić information content (AvgIpc) is 2.37. The van der Waals surface area contributed by atoms with Crippen molar-refractivity contribution in [3.05, 3.63) is 21.0 Å². The van der Waals surface area contributed by atoms with Crippen molar-refractivity contribution in [2.75, 3.05) is 5.32 Å². The van der Waals surface area contributed by atoms with Gasteiger partial charge in [-0.15, -0.1) is 0 Å². The normalized spacial score (nSPS) is 14.3. The van der Waals surface area contributed by atoms with Crippen molar-refractivity contribution < 1.29 is 0 Å². The lowest BCUT2D eigenvalue weighted by Crippen LogP contribution is -2.28. The van der Waals surface area contributed by atoms with E-state index in [1.807, 2.05) is 0 Å². The molecule has 0 aliphatic rings. The van der Waals surface area contributed by atoms with Crippen LogP contribution in [-0.4, -0.2) is 15.8 Å². The topological polar surface area (TPSA) is 46.9 Å². The first-order valence-electron chi connectivity index (χ1n) is 7.37. The van der Waals surface area contributed by atoms with Gasteiger partial charge in [0.05, 0.1) is 11.9 Å². The van der Waals surface area contributed by atoms with E-state index in [4.69, 9.17) is 0 Å².